The van der Waals surface area contributed by atoms with Crippen molar-refractivity contribution in [3.63, 3.8) is 0 Å². The lowest BCUT2D eigenvalue weighted by Crippen LogP contribution is -2.52. The van der Waals surface area contributed by atoms with Crippen molar-refractivity contribution in [1.29, 1.82) is 0 Å². The Morgan fingerprint density at radius 1 is 1.35 bits per heavy atom. The lowest BCUT2D eigenvalue weighted by Gasteiger charge is -2.39. The highest BCUT2D eigenvalue weighted by Crippen LogP contribution is 2.26. The number of aryl methyl sites for hydroxylation is 1. The van der Waals surface area contributed by atoms with E-state index < -0.39 is 0 Å². The highest BCUT2D eigenvalue weighted by molar-refractivity contribution is 9.10. The van der Waals surface area contributed by atoms with Crippen LogP contribution in [0.25, 0.3) is 0 Å². The molecule has 2 unspecified atom stereocenters. The van der Waals surface area contributed by atoms with E-state index in [1.54, 1.807) is 0 Å². The molecule has 110 valence electrons. The van der Waals surface area contributed by atoms with E-state index in [-0.39, 0.29) is 5.91 Å². The van der Waals surface area contributed by atoms with Gasteiger partial charge in [0.2, 0.25) is 0 Å². The molecule has 2 aliphatic heterocycles. The third-order valence-electron chi connectivity index (χ3n) is 4.56. The number of amides is 1. The van der Waals surface area contributed by atoms with Gasteiger partial charge in [-0.25, -0.2) is 0 Å². The quantitative estimate of drug-likeness (QED) is 0.898. The Morgan fingerprint density at radius 2 is 2.20 bits per heavy atom. The van der Waals surface area contributed by atoms with Crippen molar-refractivity contribution in [2.75, 3.05) is 13.1 Å². The molecule has 2 atom stereocenters. The Kier molecular flexibility index (Phi) is 4.17. The van der Waals surface area contributed by atoms with Crippen LogP contribution in [0.1, 0.15) is 42.6 Å². The van der Waals surface area contributed by atoms with E-state index in [0.717, 1.165) is 36.1 Å². The molecule has 4 nitrogen and oxygen atoms in total. The summed E-state index contributed by atoms with van der Waals surface area (Å²) in [5.41, 5.74) is 0.779. The average molecular weight is 340 g/mol. The van der Waals surface area contributed by atoms with Crippen LogP contribution in [0.2, 0.25) is 0 Å². The van der Waals surface area contributed by atoms with Gasteiger partial charge in [0.25, 0.3) is 5.91 Å². The van der Waals surface area contributed by atoms with Gasteiger partial charge < -0.3 is 14.8 Å². The zero-order valence-electron chi connectivity index (χ0n) is 11.9. The Hall–Kier alpha value is -0.810. The number of nitrogens with one attached hydrogen (secondary N) is 1. The summed E-state index contributed by atoms with van der Waals surface area (Å²) < 4.78 is 2.89. The van der Waals surface area contributed by atoms with Gasteiger partial charge in [0.15, 0.2) is 0 Å². The molecule has 0 bridgehead atoms. The first kappa shape index (κ1) is 14.1. The highest BCUT2D eigenvalue weighted by atomic mass is 79.9. The molecule has 1 amide bonds. The zero-order chi connectivity index (χ0) is 14.1. The lowest BCUT2D eigenvalue weighted by atomic mass is 9.94. The molecular weight excluding hydrogens is 318 g/mol. The number of carbonyl (C=O) groups excluding carboxylic acids is 1. The average Bonchev–Trinajstić information content (AvgIpc) is 3.07. The fourth-order valence-electron chi connectivity index (χ4n) is 3.55. The maximum absolute atomic E-state index is 12.9. The van der Waals surface area contributed by atoms with Crippen molar-refractivity contribution in [3.8, 4) is 0 Å². The molecule has 0 aliphatic carbocycles. The van der Waals surface area contributed by atoms with Crippen molar-refractivity contribution >= 4 is 21.8 Å². The number of likely N-dealkylation sites (tertiary alicyclic amines) is 1. The first-order chi connectivity index (χ1) is 9.66. The van der Waals surface area contributed by atoms with E-state index in [1.807, 2.05) is 23.9 Å². The highest BCUT2D eigenvalue weighted by Gasteiger charge is 2.35. The van der Waals surface area contributed by atoms with Gasteiger partial charge in [-0.15, -0.1) is 0 Å². The molecule has 0 radical (unpaired) electrons. The van der Waals surface area contributed by atoms with Gasteiger partial charge in [-0.1, -0.05) is 0 Å². The fourth-order valence-corrected chi connectivity index (χ4v) is 4.08. The van der Waals surface area contributed by atoms with Crippen molar-refractivity contribution < 1.29 is 4.79 Å². The SMILES string of the molecule is Cn1cc(Br)cc1C(=O)N1CCCCC1C1CCCN1. The Morgan fingerprint density at radius 3 is 2.85 bits per heavy atom. The Balaban J connectivity index is 1.82. The third kappa shape index (κ3) is 2.66. The van der Waals surface area contributed by atoms with E-state index >= 15 is 0 Å². The van der Waals surface area contributed by atoms with E-state index in [9.17, 15) is 4.79 Å². The van der Waals surface area contributed by atoms with Crippen LogP contribution in [0.5, 0.6) is 0 Å². The van der Waals surface area contributed by atoms with Crippen molar-refractivity contribution in [2.24, 2.45) is 7.05 Å². The van der Waals surface area contributed by atoms with Gasteiger partial charge in [-0.2, -0.15) is 0 Å². The summed E-state index contributed by atoms with van der Waals surface area (Å²) >= 11 is 3.45. The van der Waals surface area contributed by atoms with E-state index in [4.69, 9.17) is 0 Å². The number of hydrogen-bond donors (Lipinski definition) is 1. The minimum absolute atomic E-state index is 0.177. The summed E-state index contributed by atoms with van der Waals surface area (Å²) in [6.45, 7) is 1.99. The molecule has 20 heavy (non-hydrogen) atoms. The second kappa shape index (κ2) is 5.90. The molecule has 1 N–H and O–H groups in total. The summed E-state index contributed by atoms with van der Waals surface area (Å²) in [6, 6.07) is 2.78. The molecule has 1 aromatic rings. The standard InChI is InChI=1S/C15H22BrN3O/c1-18-10-11(16)9-14(18)15(20)19-8-3-2-6-13(19)12-5-4-7-17-12/h9-10,12-13,17H,2-8H2,1H3. The summed E-state index contributed by atoms with van der Waals surface area (Å²) in [5.74, 6) is 0.177. The first-order valence-electron chi connectivity index (χ1n) is 7.53. The van der Waals surface area contributed by atoms with Crippen LogP contribution in [0.15, 0.2) is 16.7 Å². The van der Waals surface area contributed by atoms with Crippen LogP contribution in [0.4, 0.5) is 0 Å². The largest absolute Gasteiger partial charge is 0.345 e. The normalized spacial score (nSPS) is 27.0. The second-order valence-corrected chi connectivity index (χ2v) is 6.83. The van der Waals surface area contributed by atoms with E-state index in [2.05, 4.69) is 26.1 Å². The Labute approximate surface area is 128 Å². The topological polar surface area (TPSA) is 37.3 Å². The number of halogens is 1. The molecule has 0 saturated carbocycles. The maximum atomic E-state index is 12.9. The van der Waals surface area contributed by atoms with Crippen molar-refractivity contribution in [3.05, 3.63) is 22.4 Å². The first-order valence-corrected chi connectivity index (χ1v) is 8.32. The molecule has 2 aliphatic rings. The minimum atomic E-state index is 0.177. The van der Waals surface area contributed by atoms with Crippen LogP contribution in [0.3, 0.4) is 0 Å². The van der Waals surface area contributed by atoms with E-state index in [1.165, 1.54) is 19.3 Å². The van der Waals surface area contributed by atoms with Gasteiger partial charge in [-0.05, 0) is 60.6 Å². The monoisotopic (exact) mass is 339 g/mol. The number of piperidine rings is 1. The Bertz CT molecular complexity index is 493. The molecule has 3 rings (SSSR count). The van der Waals surface area contributed by atoms with Crippen LogP contribution in [-0.2, 0) is 7.05 Å². The van der Waals surface area contributed by atoms with Gasteiger partial charge >= 0.3 is 0 Å². The molecule has 2 saturated heterocycles. The van der Waals surface area contributed by atoms with Crippen LogP contribution in [-0.4, -0.2) is 40.5 Å². The predicted octanol–water partition coefficient (Wildman–Crippen LogP) is 2.53. The molecule has 5 heteroatoms. The summed E-state index contributed by atoms with van der Waals surface area (Å²) in [5, 5.41) is 3.57. The van der Waals surface area contributed by atoms with Crippen LogP contribution < -0.4 is 5.32 Å². The van der Waals surface area contributed by atoms with Crippen molar-refractivity contribution in [2.45, 2.75) is 44.2 Å². The zero-order valence-corrected chi connectivity index (χ0v) is 13.5. The van der Waals surface area contributed by atoms with Crippen LogP contribution >= 0.6 is 15.9 Å². The summed E-state index contributed by atoms with van der Waals surface area (Å²) in [6.07, 6.45) is 7.88. The number of aromatic nitrogens is 1. The summed E-state index contributed by atoms with van der Waals surface area (Å²) in [7, 11) is 1.94. The van der Waals surface area contributed by atoms with Crippen molar-refractivity contribution in [1.82, 2.24) is 14.8 Å². The van der Waals surface area contributed by atoms with E-state index in [0.29, 0.717) is 12.1 Å². The predicted molar refractivity (Wildman–Crippen MR) is 82.8 cm³/mol. The number of nitrogens with zero attached hydrogens (tertiary/aromatic N) is 2. The smallest absolute Gasteiger partial charge is 0.270 e. The molecule has 2 fully saturated rings. The van der Waals surface area contributed by atoms with Crippen LogP contribution in [0, 0.1) is 0 Å². The maximum Gasteiger partial charge on any atom is 0.270 e. The summed E-state index contributed by atoms with van der Waals surface area (Å²) in [4.78, 5) is 15.0. The van der Waals surface area contributed by atoms with Gasteiger partial charge in [0.05, 0.1) is 0 Å². The van der Waals surface area contributed by atoms with Gasteiger partial charge in [0.1, 0.15) is 5.69 Å². The molecule has 1 aromatic heterocycles. The van der Waals surface area contributed by atoms with Gasteiger partial charge in [0, 0.05) is 36.3 Å². The molecule has 0 spiro atoms. The molecule has 3 heterocycles. The minimum Gasteiger partial charge on any atom is -0.345 e. The number of carbonyl (C=O) groups is 1. The molecular formula is C15H22BrN3O. The fraction of sp³-hybridized carbons (Fsp3) is 0.667. The second-order valence-electron chi connectivity index (χ2n) is 5.92. The van der Waals surface area contributed by atoms with Gasteiger partial charge in [-0.3, -0.25) is 4.79 Å². The molecule has 0 aromatic carbocycles. The lowest BCUT2D eigenvalue weighted by molar-refractivity contribution is 0.0554. The third-order valence-corrected chi connectivity index (χ3v) is 5.00. The number of rotatable bonds is 2. The number of hydrogen-bond acceptors (Lipinski definition) is 2.